The van der Waals surface area contributed by atoms with Gasteiger partial charge < -0.3 is 14.2 Å². The van der Waals surface area contributed by atoms with E-state index in [0.717, 1.165) is 0 Å². The molecular weight excluding hydrogens is 183 g/mol. The van der Waals surface area contributed by atoms with Crippen molar-refractivity contribution in [3.05, 3.63) is 0 Å². The Kier molecular flexibility index (Phi) is 2.53. The minimum Gasteiger partial charge on any atom is -0.458 e. The van der Waals surface area contributed by atoms with Crippen LogP contribution in [0.3, 0.4) is 0 Å². The molecule has 0 saturated carbocycles. The van der Waals surface area contributed by atoms with Crippen LogP contribution < -0.4 is 0 Å². The van der Waals surface area contributed by atoms with Gasteiger partial charge in [-0.1, -0.05) is 6.92 Å². The number of carbonyl (C=O) groups excluding carboxylic acids is 1. The molecule has 0 aromatic heterocycles. The van der Waals surface area contributed by atoms with Gasteiger partial charge in [0.05, 0.1) is 18.7 Å². The summed E-state index contributed by atoms with van der Waals surface area (Å²) in [7, 11) is 1.92. The number of hydrogen-bond donors (Lipinski definition) is 0. The van der Waals surface area contributed by atoms with Crippen LogP contribution in [0.15, 0.2) is 0 Å². The Morgan fingerprint density at radius 3 is 2.86 bits per heavy atom. The molecule has 0 aromatic carbocycles. The third-order valence-electron chi connectivity index (χ3n) is 2.90. The molecule has 0 aromatic rings. The van der Waals surface area contributed by atoms with E-state index in [1.165, 1.54) is 6.92 Å². The molecule has 0 amide bonds. The van der Waals surface area contributed by atoms with E-state index in [1.807, 2.05) is 7.85 Å². The highest BCUT2D eigenvalue weighted by Gasteiger charge is 2.50. The zero-order valence-corrected chi connectivity index (χ0v) is 8.73. The molecule has 2 saturated heterocycles. The van der Waals surface area contributed by atoms with E-state index in [4.69, 9.17) is 14.2 Å². The standard InChI is InChI=1S/C9H15BO4/c1-4-3-12-7-6(4)14-9(10)8(7)13-5(2)11/h4,6-9H,3,10H2,1-2H3/t4-,6?,7?,8-,9-/m1/s1. The van der Waals surface area contributed by atoms with Crippen LogP contribution in [0.5, 0.6) is 0 Å². The van der Waals surface area contributed by atoms with Crippen molar-refractivity contribution in [2.24, 2.45) is 5.92 Å². The summed E-state index contributed by atoms with van der Waals surface area (Å²) >= 11 is 0. The lowest BCUT2D eigenvalue weighted by atomic mass is 9.92. The maximum Gasteiger partial charge on any atom is 0.303 e. The molecule has 0 N–H and O–H groups in total. The van der Waals surface area contributed by atoms with Gasteiger partial charge >= 0.3 is 5.97 Å². The number of carbonyl (C=O) groups is 1. The summed E-state index contributed by atoms with van der Waals surface area (Å²) < 4.78 is 16.5. The average molecular weight is 198 g/mol. The summed E-state index contributed by atoms with van der Waals surface area (Å²) in [6.07, 6.45) is -0.208. The zero-order chi connectivity index (χ0) is 10.3. The second kappa shape index (κ2) is 3.55. The molecular formula is C9H15BO4. The summed E-state index contributed by atoms with van der Waals surface area (Å²) in [5, 5.41) is 0. The quantitative estimate of drug-likeness (QED) is 0.413. The van der Waals surface area contributed by atoms with Gasteiger partial charge in [0.1, 0.15) is 20.1 Å². The van der Waals surface area contributed by atoms with Crippen LogP contribution in [0.1, 0.15) is 13.8 Å². The van der Waals surface area contributed by atoms with Crippen molar-refractivity contribution in [3.63, 3.8) is 0 Å². The van der Waals surface area contributed by atoms with Crippen molar-refractivity contribution in [3.8, 4) is 0 Å². The lowest BCUT2D eigenvalue weighted by molar-refractivity contribution is -0.152. The number of rotatable bonds is 1. The van der Waals surface area contributed by atoms with Gasteiger partial charge in [-0.25, -0.2) is 0 Å². The summed E-state index contributed by atoms with van der Waals surface area (Å²) in [6, 6.07) is -0.0587. The van der Waals surface area contributed by atoms with Crippen LogP contribution in [0, 0.1) is 5.92 Å². The molecule has 14 heavy (non-hydrogen) atoms. The van der Waals surface area contributed by atoms with E-state index < -0.39 is 0 Å². The van der Waals surface area contributed by atoms with Gasteiger partial charge in [0, 0.05) is 12.8 Å². The molecule has 78 valence electrons. The van der Waals surface area contributed by atoms with Gasteiger partial charge in [-0.15, -0.1) is 0 Å². The highest BCUT2D eigenvalue weighted by molar-refractivity contribution is 6.11. The first-order valence-electron chi connectivity index (χ1n) is 5.04. The second-order valence-corrected chi connectivity index (χ2v) is 4.16. The highest BCUT2D eigenvalue weighted by atomic mass is 16.6. The molecule has 2 heterocycles. The lowest BCUT2D eigenvalue weighted by Gasteiger charge is -2.18. The van der Waals surface area contributed by atoms with Crippen LogP contribution in [0.2, 0.25) is 0 Å². The fourth-order valence-corrected chi connectivity index (χ4v) is 2.22. The van der Waals surface area contributed by atoms with E-state index in [9.17, 15) is 4.79 Å². The van der Waals surface area contributed by atoms with Gasteiger partial charge in [-0.05, 0) is 0 Å². The zero-order valence-electron chi connectivity index (χ0n) is 8.73. The van der Waals surface area contributed by atoms with Gasteiger partial charge in [0.25, 0.3) is 0 Å². The summed E-state index contributed by atoms with van der Waals surface area (Å²) in [4.78, 5) is 10.9. The molecule has 5 atom stereocenters. The van der Waals surface area contributed by atoms with Crippen molar-refractivity contribution < 1.29 is 19.0 Å². The van der Waals surface area contributed by atoms with Crippen LogP contribution in [0.4, 0.5) is 0 Å². The minimum atomic E-state index is -0.269. The summed E-state index contributed by atoms with van der Waals surface area (Å²) in [5.74, 6) is 0.122. The van der Waals surface area contributed by atoms with Gasteiger partial charge in [-0.2, -0.15) is 0 Å². The molecule has 0 aliphatic carbocycles. The van der Waals surface area contributed by atoms with Crippen molar-refractivity contribution >= 4 is 13.8 Å². The third kappa shape index (κ3) is 1.55. The number of hydrogen-bond acceptors (Lipinski definition) is 4. The van der Waals surface area contributed by atoms with Crippen molar-refractivity contribution in [2.75, 3.05) is 6.61 Å². The Balaban J connectivity index is 2.07. The molecule has 0 bridgehead atoms. The predicted molar refractivity (Wildman–Crippen MR) is 51.7 cm³/mol. The highest BCUT2D eigenvalue weighted by Crippen LogP contribution is 2.34. The SMILES string of the molecule is B[C@@H]1OC2C(OC[C@H]2C)[C@H]1OC(C)=O. The molecule has 2 aliphatic rings. The van der Waals surface area contributed by atoms with E-state index in [-0.39, 0.29) is 30.3 Å². The molecule has 0 radical (unpaired) electrons. The average Bonchev–Trinajstić information content (AvgIpc) is 2.57. The summed E-state index contributed by atoms with van der Waals surface area (Å²) in [5.41, 5.74) is 0. The third-order valence-corrected chi connectivity index (χ3v) is 2.90. The Hall–Kier alpha value is -0.545. The molecule has 2 rings (SSSR count). The van der Waals surface area contributed by atoms with Crippen LogP contribution in [-0.4, -0.2) is 44.7 Å². The Labute approximate surface area is 84.3 Å². The van der Waals surface area contributed by atoms with E-state index in [0.29, 0.717) is 12.5 Å². The largest absolute Gasteiger partial charge is 0.458 e. The van der Waals surface area contributed by atoms with Crippen LogP contribution in [-0.2, 0) is 19.0 Å². The first-order chi connectivity index (χ1) is 6.59. The maximum absolute atomic E-state index is 10.9. The predicted octanol–water partition coefficient (Wildman–Crippen LogP) is -0.689. The van der Waals surface area contributed by atoms with Crippen molar-refractivity contribution in [1.29, 1.82) is 0 Å². The van der Waals surface area contributed by atoms with Crippen LogP contribution in [0.25, 0.3) is 0 Å². The molecule has 2 fully saturated rings. The van der Waals surface area contributed by atoms with Gasteiger partial charge in [-0.3, -0.25) is 4.79 Å². The first kappa shape index (κ1) is 9.99. The Morgan fingerprint density at radius 1 is 1.50 bits per heavy atom. The fourth-order valence-electron chi connectivity index (χ4n) is 2.22. The van der Waals surface area contributed by atoms with Gasteiger partial charge in [0.2, 0.25) is 0 Å². The minimum absolute atomic E-state index is 0.0587. The molecule has 4 nitrogen and oxygen atoms in total. The summed E-state index contributed by atoms with van der Waals surface area (Å²) in [6.45, 7) is 4.20. The Bertz CT molecular complexity index is 245. The second-order valence-electron chi connectivity index (χ2n) is 4.16. The number of ether oxygens (including phenoxy) is 3. The van der Waals surface area contributed by atoms with E-state index >= 15 is 0 Å². The van der Waals surface area contributed by atoms with Crippen molar-refractivity contribution in [2.45, 2.75) is 38.2 Å². The maximum atomic E-state index is 10.9. The molecule has 5 heteroatoms. The molecule has 2 aliphatic heterocycles. The first-order valence-corrected chi connectivity index (χ1v) is 5.04. The normalized spacial score (nSPS) is 46.3. The lowest BCUT2D eigenvalue weighted by Crippen LogP contribution is -2.36. The smallest absolute Gasteiger partial charge is 0.303 e. The fraction of sp³-hybridized carbons (Fsp3) is 0.889. The monoisotopic (exact) mass is 198 g/mol. The molecule has 0 spiro atoms. The topological polar surface area (TPSA) is 44.8 Å². The van der Waals surface area contributed by atoms with Crippen LogP contribution >= 0.6 is 0 Å². The number of esters is 1. The number of fused-ring (bicyclic) bond motifs is 1. The Morgan fingerprint density at radius 2 is 2.21 bits per heavy atom. The van der Waals surface area contributed by atoms with E-state index in [1.54, 1.807) is 0 Å². The van der Waals surface area contributed by atoms with Gasteiger partial charge in [0.15, 0.2) is 0 Å². The van der Waals surface area contributed by atoms with Crippen molar-refractivity contribution in [1.82, 2.24) is 0 Å². The molecule has 2 unspecified atom stereocenters. The van der Waals surface area contributed by atoms with E-state index in [2.05, 4.69) is 6.92 Å².